The Morgan fingerprint density at radius 1 is 0.929 bits per heavy atom. The molecule has 0 aromatic heterocycles. The Labute approximate surface area is 168 Å². The molecule has 0 N–H and O–H groups in total. The number of imide groups is 1. The van der Waals surface area contributed by atoms with Crippen molar-refractivity contribution >= 4 is 41.5 Å². The minimum absolute atomic E-state index is 0.221. The molecule has 4 nitrogen and oxygen atoms in total. The number of anilines is 1. The summed E-state index contributed by atoms with van der Waals surface area (Å²) in [4.78, 5) is 28.0. The normalized spacial score (nSPS) is 34.1. The smallest absolute Gasteiger partial charge is 0.238 e. The van der Waals surface area contributed by atoms with Crippen molar-refractivity contribution in [1.82, 2.24) is 0 Å². The summed E-state index contributed by atoms with van der Waals surface area (Å²) in [6.07, 6.45) is 0.348. The maximum absolute atomic E-state index is 14.2. The number of carbonyl (C=O) groups excluding carboxylic acids is 2. The Morgan fingerprint density at radius 2 is 1.50 bits per heavy atom. The van der Waals surface area contributed by atoms with Gasteiger partial charge in [-0.15, -0.1) is 0 Å². The second-order valence-corrected chi connectivity index (χ2v) is 11.2. The first kappa shape index (κ1) is 17.9. The van der Waals surface area contributed by atoms with Crippen LogP contribution in [-0.4, -0.2) is 23.6 Å². The SMILES string of the molecule is CC1=C(Cl)[C@H]2CP(=O)(c3ccccc3)[C@@H]1[C@H]1C(=O)N(c3ccccc3)C(=O)[C@H]12. The zero-order valence-electron chi connectivity index (χ0n) is 15.3. The summed E-state index contributed by atoms with van der Waals surface area (Å²) in [6, 6.07) is 18.3. The van der Waals surface area contributed by atoms with Crippen LogP contribution >= 0.6 is 18.7 Å². The van der Waals surface area contributed by atoms with E-state index in [1.54, 1.807) is 24.3 Å². The Bertz CT molecular complexity index is 1070. The van der Waals surface area contributed by atoms with Gasteiger partial charge in [0.15, 0.2) is 0 Å². The Kier molecular flexibility index (Phi) is 3.94. The highest BCUT2D eigenvalue weighted by atomic mass is 35.5. The third-order valence-corrected chi connectivity index (χ3v) is 10.7. The van der Waals surface area contributed by atoms with Crippen molar-refractivity contribution in [3.8, 4) is 0 Å². The lowest BCUT2D eigenvalue weighted by molar-refractivity contribution is -0.122. The van der Waals surface area contributed by atoms with E-state index >= 15 is 0 Å². The van der Waals surface area contributed by atoms with Gasteiger partial charge in [-0.2, -0.15) is 0 Å². The number of rotatable bonds is 2. The van der Waals surface area contributed by atoms with Crippen LogP contribution in [0.4, 0.5) is 5.69 Å². The molecule has 2 saturated heterocycles. The molecule has 28 heavy (non-hydrogen) atoms. The maximum atomic E-state index is 14.2. The average molecular weight is 412 g/mol. The van der Waals surface area contributed by atoms with Crippen molar-refractivity contribution in [2.45, 2.75) is 12.6 Å². The highest BCUT2D eigenvalue weighted by molar-refractivity contribution is 7.72. The second-order valence-electron chi connectivity index (χ2n) is 7.79. The van der Waals surface area contributed by atoms with E-state index in [1.807, 2.05) is 43.3 Å². The Balaban J connectivity index is 1.67. The van der Waals surface area contributed by atoms with E-state index in [1.165, 1.54) is 4.90 Å². The first-order valence-corrected chi connectivity index (χ1v) is 11.7. The van der Waals surface area contributed by atoms with Gasteiger partial charge < -0.3 is 4.57 Å². The third-order valence-electron chi connectivity index (χ3n) is 6.44. The summed E-state index contributed by atoms with van der Waals surface area (Å²) in [5.41, 5.74) is 0.861. The first-order chi connectivity index (χ1) is 13.4. The number of hydrogen-bond acceptors (Lipinski definition) is 3. The molecule has 2 amide bonds. The predicted molar refractivity (Wildman–Crippen MR) is 110 cm³/mol. The Morgan fingerprint density at radius 3 is 2.14 bits per heavy atom. The van der Waals surface area contributed by atoms with Crippen LogP contribution in [-0.2, 0) is 14.2 Å². The van der Waals surface area contributed by atoms with E-state index in [2.05, 4.69) is 0 Å². The standard InChI is InChI=1S/C22H19ClNO3P/c1-13-19(23)16-12-28(27,15-10-6-3-7-11-15)20(13)18-17(16)21(25)24(22(18)26)14-8-4-2-5-9-14/h2-11,16-18,20H,12H2,1H3/t16-,17-,18-,20-,28?/m0/s1. The quantitative estimate of drug-likeness (QED) is 0.554. The molecule has 0 spiro atoms. The van der Waals surface area contributed by atoms with Crippen LogP contribution in [0, 0.1) is 17.8 Å². The van der Waals surface area contributed by atoms with Crippen LogP contribution in [0.2, 0.25) is 0 Å². The van der Waals surface area contributed by atoms with Gasteiger partial charge in [0.25, 0.3) is 0 Å². The van der Waals surface area contributed by atoms with Gasteiger partial charge in [0.1, 0.15) is 7.14 Å². The number of benzene rings is 2. The van der Waals surface area contributed by atoms with Crippen LogP contribution < -0.4 is 10.2 Å². The summed E-state index contributed by atoms with van der Waals surface area (Å²) in [6.45, 7) is 1.87. The van der Waals surface area contributed by atoms with Crippen molar-refractivity contribution in [3.63, 3.8) is 0 Å². The number of halogens is 1. The van der Waals surface area contributed by atoms with E-state index < -0.39 is 24.6 Å². The summed E-state index contributed by atoms with van der Waals surface area (Å²) in [5, 5.41) is 1.38. The molecule has 3 heterocycles. The van der Waals surface area contributed by atoms with Gasteiger partial charge in [-0.1, -0.05) is 60.1 Å². The van der Waals surface area contributed by atoms with Gasteiger partial charge in [-0.3, -0.25) is 14.5 Å². The largest absolute Gasteiger partial charge is 0.318 e. The second kappa shape index (κ2) is 6.17. The van der Waals surface area contributed by atoms with E-state index in [0.717, 1.165) is 10.9 Å². The molecule has 4 aliphatic rings. The number of allylic oxidation sites excluding steroid dienone is 2. The lowest BCUT2D eigenvalue weighted by Gasteiger charge is -2.48. The summed E-state index contributed by atoms with van der Waals surface area (Å²) in [7, 11) is -2.91. The van der Waals surface area contributed by atoms with Crippen LogP contribution in [0.3, 0.4) is 0 Å². The van der Waals surface area contributed by atoms with Gasteiger partial charge in [-0.05, 0) is 24.6 Å². The van der Waals surface area contributed by atoms with Gasteiger partial charge >= 0.3 is 0 Å². The lowest BCUT2D eigenvalue weighted by atomic mass is 9.74. The van der Waals surface area contributed by atoms with Crippen molar-refractivity contribution in [2.24, 2.45) is 17.8 Å². The minimum atomic E-state index is -2.91. The number of carbonyl (C=O) groups is 2. The summed E-state index contributed by atoms with van der Waals surface area (Å²) >= 11 is 6.63. The lowest BCUT2D eigenvalue weighted by Crippen LogP contribution is -2.49. The van der Waals surface area contributed by atoms with E-state index in [-0.39, 0.29) is 17.7 Å². The van der Waals surface area contributed by atoms with Crippen molar-refractivity contribution in [2.75, 3.05) is 11.1 Å². The Hall–Kier alpha value is -2.16. The zero-order chi connectivity index (χ0) is 19.6. The molecule has 1 unspecified atom stereocenters. The molecular weight excluding hydrogens is 393 g/mol. The highest BCUT2D eigenvalue weighted by Gasteiger charge is 2.66. The number of hydrogen-bond donors (Lipinski definition) is 0. The minimum Gasteiger partial charge on any atom is -0.318 e. The molecule has 3 aliphatic heterocycles. The molecule has 1 aliphatic carbocycles. The van der Waals surface area contributed by atoms with Crippen LogP contribution in [0.15, 0.2) is 71.3 Å². The molecular formula is C22H19ClNO3P. The fourth-order valence-electron chi connectivity index (χ4n) is 5.28. The van der Waals surface area contributed by atoms with Crippen LogP contribution in [0.1, 0.15) is 6.92 Å². The number of fused-ring (bicyclic) bond motifs is 1. The molecule has 0 saturated carbocycles. The molecule has 0 radical (unpaired) electrons. The van der Waals surface area contributed by atoms with Crippen molar-refractivity contribution < 1.29 is 14.2 Å². The monoisotopic (exact) mass is 411 g/mol. The van der Waals surface area contributed by atoms with Crippen LogP contribution in [0.25, 0.3) is 0 Å². The van der Waals surface area contributed by atoms with Gasteiger partial charge in [0, 0.05) is 22.4 Å². The first-order valence-electron chi connectivity index (χ1n) is 9.38. The molecule has 6 rings (SSSR count). The number of para-hydroxylation sites is 1. The van der Waals surface area contributed by atoms with E-state index in [4.69, 9.17) is 11.6 Å². The highest BCUT2D eigenvalue weighted by Crippen LogP contribution is 2.69. The number of amides is 2. The zero-order valence-corrected chi connectivity index (χ0v) is 16.9. The number of nitrogens with zero attached hydrogens (tertiary/aromatic N) is 1. The molecule has 6 heteroatoms. The molecule has 2 fully saturated rings. The molecule has 2 bridgehead atoms. The van der Waals surface area contributed by atoms with Crippen LogP contribution in [0.5, 0.6) is 0 Å². The van der Waals surface area contributed by atoms with Crippen molar-refractivity contribution in [1.29, 1.82) is 0 Å². The summed E-state index contributed by atoms with van der Waals surface area (Å²) < 4.78 is 14.2. The van der Waals surface area contributed by atoms with E-state index in [0.29, 0.717) is 16.9 Å². The van der Waals surface area contributed by atoms with Gasteiger partial charge in [0.05, 0.1) is 23.2 Å². The topological polar surface area (TPSA) is 54.5 Å². The molecule has 5 atom stereocenters. The maximum Gasteiger partial charge on any atom is 0.238 e. The fourth-order valence-corrected chi connectivity index (χ4v) is 9.82. The molecule has 142 valence electrons. The third kappa shape index (κ3) is 2.22. The fraction of sp³-hybridized carbons (Fsp3) is 0.273. The van der Waals surface area contributed by atoms with E-state index in [9.17, 15) is 14.2 Å². The molecule has 2 aromatic rings. The molecule has 2 aromatic carbocycles. The average Bonchev–Trinajstić information content (AvgIpc) is 2.98. The predicted octanol–water partition coefficient (Wildman–Crippen LogP) is 4.01. The van der Waals surface area contributed by atoms with Crippen molar-refractivity contribution in [3.05, 3.63) is 71.3 Å². The van der Waals surface area contributed by atoms with Gasteiger partial charge in [0.2, 0.25) is 11.8 Å². The van der Waals surface area contributed by atoms with Gasteiger partial charge in [-0.25, -0.2) is 0 Å². The summed E-state index contributed by atoms with van der Waals surface area (Å²) in [5.74, 6) is -1.98.